The number of oxime groups is 1. The zero-order valence-electron chi connectivity index (χ0n) is 11.3. The van der Waals surface area contributed by atoms with Crippen molar-refractivity contribution in [1.82, 2.24) is 20.1 Å². The van der Waals surface area contributed by atoms with Gasteiger partial charge in [-0.1, -0.05) is 23.4 Å². The number of nitrogens with two attached hydrogens (primary N) is 1. The van der Waals surface area contributed by atoms with Crippen molar-refractivity contribution in [2.45, 2.75) is 13.0 Å². The topological polar surface area (TPSA) is 101 Å². The van der Waals surface area contributed by atoms with Crippen molar-refractivity contribution in [3.8, 4) is 0 Å². The van der Waals surface area contributed by atoms with Crippen LogP contribution in [0.15, 0.2) is 35.7 Å². The minimum atomic E-state index is 0.115. The molecule has 2 aromatic rings. The molecule has 0 amide bonds. The molecule has 7 heteroatoms. The molecule has 1 heterocycles. The van der Waals surface area contributed by atoms with Gasteiger partial charge in [0.25, 0.3) is 0 Å². The fourth-order valence-electron chi connectivity index (χ4n) is 1.83. The van der Waals surface area contributed by atoms with Gasteiger partial charge in [-0.2, -0.15) is 5.10 Å². The largest absolute Gasteiger partial charge is 0.409 e. The quantitative estimate of drug-likeness (QED) is 0.230. The van der Waals surface area contributed by atoms with E-state index in [-0.39, 0.29) is 5.84 Å². The van der Waals surface area contributed by atoms with E-state index in [0.717, 1.165) is 24.4 Å². The summed E-state index contributed by atoms with van der Waals surface area (Å²) in [6, 6.07) is 7.56. The van der Waals surface area contributed by atoms with E-state index >= 15 is 0 Å². The predicted octanol–water partition coefficient (Wildman–Crippen LogP) is 0.242. The summed E-state index contributed by atoms with van der Waals surface area (Å²) in [5, 5.41) is 19.2. The average molecular weight is 274 g/mol. The Morgan fingerprint density at radius 3 is 3.05 bits per heavy atom. The van der Waals surface area contributed by atoms with Gasteiger partial charge >= 0.3 is 0 Å². The molecule has 4 N–H and O–H groups in total. The molecule has 0 aliphatic heterocycles. The van der Waals surface area contributed by atoms with E-state index in [1.54, 1.807) is 17.1 Å². The highest BCUT2D eigenvalue weighted by Gasteiger charge is 2.01. The van der Waals surface area contributed by atoms with Crippen LogP contribution in [0.4, 0.5) is 0 Å². The summed E-state index contributed by atoms with van der Waals surface area (Å²) in [4.78, 5) is 4.16. The Hall–Kier alpha value is -2.41. The molecule has 1 aromatic heterocycles. The van der Waals surface area contributed by atoms with Crippen LogP contribution in [-0.2, 0) is 20.0 Å². The van der Waals surface area contributed by atoms with Gasteiger partial charge in [-0.05, 0) is 11.6 Å². The Balaban J connectivity index is 1.82. The van der Waals surface area contributed by atoms with Crippen molar-refractivity contribution in [2.24, 2.45) is 17.9 Å². The molecule has 20 heavy (non-hydrogen) atoms. The second kappa shape index (κ2) is 6.67. The molecule has 0 aliphatic rings. The molecule has 0 atom stereocenters. The number of aromatic nitrogens is 3. The molecule has 0 saturated heterocycles. The van der Waals surface area contributed by atoms with Gasteiger partial charge in [-0.3, -0.25) is 4.68 Å². The van der Waals surface area contributed by atoms with Crippen molar-refractivity contribution in [1.29, 1.82) is 0 Å². The maximum absolute atomic E-state index is 8.65. The monoisotopic (exact) mass is 274 g/mol. The smallest absolute Gasteiger partial charge is 0.170 e. The van der Waals surface area contributed by atoms with Gasteiger partial charge in [0.2, 0.25) is 0 Å². The summed E-state index contributed by atoms with van der Waals surface area (Å²) >= 11 is 0. The first-order valence-electron chi connectivity index (χ1n) is 6.31. The molecule has 0 radical (unpaired) electrons. The summed E-state index contributed by atoms with van der Waals surface area (Å²) in [6.07, 6.45) is 2.47. The lowest BCUT2D eigenvalue weighted by Gasteiger charge is -2.05. The molecule has 0 spiro atoms. The fraction of sp³-hybridized carbons (Fsp3) is 0.308. The van der Waals surface area contributed by atoms with Crippen LogP contribution in [0.25, 0.3) is 0 Å². The van der Waals surface area contributed by atoms with E-state index in [4.69, 9.17) is 10.9 Å². The van der Waals surface area contributed by atoms with Crippen LogP contribution in [0.3, 0.4) is 0 Å². The Morgan fingerprint density at radius 1 is 1.50 bits per heavy atom. The third kappa shape index (κ3) is 3.79. The molecule has 0 aliphatic carbocycles. The van der Waals surface area contributed by atoms with E-state index in [9.17, 15) is 0 Å². The van der Waals surface area contributed by atoms with Crippen LogP contribution in [0.1, 0.15) is 17.0 Å². The maximum Gasteiger partial charge on any atom is 0.170 e. The van der Waals surface area contributed by atoms with Crippen LogP contribution < -0.4 is 11.1 Å². The van der Waals surface area contributed by atoms with E-state index in [1.807, 2.05) is 25.2 Å². The van der Waals surface area contributed by atoms with Crippen LogP contribution in [-0.4, -0.2) is 32.4 Å². The number of nitrogens with one attached hydrogen (secondary N) is 1. The summed E-state index contributed by atoms with van der Waals surface area (Å²) in [7, 11) is 1.85. The minimum absolute atomic E-state index is 0.115. The highest BCUT2D eigenvalue weighted by molar-refractivity contribution is 5.97. The Morgan fingerprint density at radius 2 is 2.35 bits per heavy atom. The lowest BCUT2D eigenvalue weighted by molar-refractivity contribution is 0.318. The molecule has 2 rings (SSSR count). The highest BCUT2D eigenvalue weighted by Crippen LogP contribution is 2.04. The van der Waals surface area contributed by atoms with Gasteiger partial charge in [0.15, 0.2) is 11.7 Å². The Bertz CT molecular complexity index is 592. The predicted molar refractivity (Wildman–Crippen MR) is 75.4 cm³/mol. The molecule has 106 valence electrons. The van der Waals surface area contributed by atoms with Gasteiger partial charge in [0.1, 0.15) is 6.33 Å². The number of nitrogens with zero attached hydrogens (tertiary/aromatic N) is 4. The van der Waals surface area contributed by atoms with Gasteiger partial charge in [-0.15, -0.1) is 0 Å². The number of amidine groups is 1. The average Bonchev–Trinajstić information content (AvgIpc) is 2.88. The standard InChI is InChI=1S/C13H18N6O/c1-19-9-16-12(17-19)5-6-15-8-10-3-2-4-11(7-10)13(14)18-20/h2-4,7,9,15,20H,5-6,8H2,1H3,(H2,14,18). The zero-order chi connectivity index (χ0) is 14.4. The molecule has 0 bridgehead atoms. The molecular formula is C13H18N6O. The minimum Gasteiger partial charge on any atom is -0.409 e. The highest BCUT2D eigenvalue weighted by atomic mass is 16.4. The number of hydrogen-bond donors (Lipinski definition) is 3. The number of benzene rings is 1. The first kappa shape index (κ1) is 14.0. The van der Waals surface area contributed by atoms with Crippen LogP contribution in [0.2, 0.25) is 0 Å². The van der Waals surface area contributed by atoms with E-state index in [2.05, 4.69) is 20.6 Å². The first-order valence-corrected chi connectivity index (χ1v) is 6.31. The molecule has 0 unspecified atom stereocenters. The van der Waals surface area contributed by atoms with E-state index in [1.165, 1.54) is 0 Å². The second-order valence-electron chi connectivity index (χ2n) is 4.45. The van der Waals surface area contributed by atoms with Crippen molar-refractivity contribution in [3.63, 3.8) is 0 Å². The number of rotatable bonds is 6. The SMILES string of the molecule is Cn1cnc(CCNCc2cccc(/C(N)=N/O)c2)n1. The van der Waals surface area contributed by atoms with E-state index < -0.39 is 0 Å². The zero-order valence-corrected chi connectivity index (χ0v) is 11.3. The fourth-order valence-corrected chi connectivity index (χ4v) is 1.83. The summed E-state index contributed by atoms with van der Waals surface area (Å²) in [5.74, 6) is 0.940. The van der Waals surface area contributed by atoms with E-state index in [0.29, 0.717) is 12.1 Å². The molecule has 7 nitrogen and oxygen atoms in total. The van der Waals surface area contributed by atoms with Gasteiger partial charge in [-0.25, -0.2) is 4.98 Å². The molecule has 1 aromatic carbocycles. The summed E-state index contributed by atoms with van der Waals surface area (Å²) < 4.78 is 1.69. The van der Waals surface area contributed by atoms with Crippen molar-refractivity contribution in [3.05, 3.63) is 47.5 Å². The lowest BCUT2D eigenvalue weighted by atomic mass is 10.1. The number of hydrogen-bond acceptors (Lipinski definition) is 5. The Labute approximate surface area is 117 Å². The normalized spacial score (nSPS) is 11.8. The first-order chi connectivity index (χ1) is 9.69. The number of aryl methyl sites for hydroxylation is 1. The van der Waals surface area contributed by atoms with Crippen LogP contribution >= 0.6 is 0 Å². The summed E-state index contributed by atoms with van der Waals surface area (Å²) in [5.41, 5.74) is 7.34. The molecular weight excluding hydrogens is 256 g/mol. The van der Waals surface area contributed by atoms with Crippen molar-refractivity contribution in [2.75, 3.05) is 6.54 Å². The third-order valence-electron chi connectivity index (χ3n) is 2.83. The third-order valence-corrected chi connectivity index (χ3v) is 2.83. The van der Waals surface area contributed by atoms with Gasteiger partial charge < -0.3 is 16.3 Å². The molecule has 0 saturated carbocycles. The lowest BCUT2D eigenvalue weighted by Crippen LogP contribution is -2.18. The van der Waals surface area contributed by atoms with Gasteiger partial charge in [0.05, 0.1) is 0 Å². The Kier molecular flexibility index (Phi) is 4.67. The van der Waals surface area contributed by atoms with Gasteiger partial charge in [0, 0.05) is 32.1 Å². The maximum atomic E-state index is 8.65. The van der Waals surface area contributed by atoms with Crippen LogP contribution in [0.5, 0.6) is 0 Å². The summed E-state index contributed by atoms with van der Waals surface area (Å²) in [6.45, 7) is 1.50. The van der Waals surface area contributed by atoms with Crippen LogP contribution in [0, 0.1) is 0 Å². The second-order valence-corrected chi connectivity index (χ2v) is 4.45. The van der Waals surface area contributed by atoms with Crippen molar-refractivity contribution < 1.29 is 5.21 Å². The molecule has 0 fully saturated rings. The van der Waals surface area contributed by atoms with Crippen molar-refractivity contribution >= 4 is 5.84 Å².